The number of rotatable bonds is 8. The van der Waals surface area contributed by atoms with Crippen molar-refractivity contribution in [1.29, 1.82) is 0 Å². The highest BCUT2D eigenvalue weighted by Crippen LogP contribution is 2.29. The first kappa shape index (κ1) is 22.8. The average molecular weight is 645 g/mol. The minimum absolute atomic E-state index is 0.0289. The van der Waals surface area contributed by atoms with Gasteiger partial charge in [0.15, 0.2) is 0 Å². The van der Waals surface area contributed by atoms with Crippen LogP contribution in [-0.4, -0.2) is 21.0 Å². The van der Waals surface area contributed by atoms with Crippen LogP contribution in [0.3, 0.4) is 0 Å². The van der Waals surface area contributed by atoms with Gasteiger partial charge in [-0.1, -0.05) is 0 Å². The molecule has 0 amide bonds. The van der Waals surface area contributed by atoms with Crippen LogP contribution in [0, 0.1) is 27.4 Å². The predicted octanol–water partition coefficient (Wildman–Crippen LogP) is 5.13. The molecule has 0 saturated heterocycles. The molecule has 3 rings (SSSR count). The first-order chi connectivity index (χ1) is 14.8. The Morgan fingerprint density at radius 3 is 2.35 bits per heavy atom. The number of hydrogen-bond donors (Lipinski definition) is 1. The van der Waals surface area contributed by atoms with E-state index in [1.807, 2.05) is 12.1 Å². The Labute approximate surface area is 203 Å². The maximum atomic E-state index is 11.0. The molecular weight excluding hydrogens is 632 g/mol. The van der Waals surface area contributed by atoms with Crippen LogP contribution in [0.15, 0.2) is 59.8 Å². The first-order valence-electron chi connectivity index (χ1n) is 8.59. The lowest BCUT2D eigenvalue weighted by atomic mass is 10.2. The summed E-state index contributed by atoms with van der Waals surface area (Å²) in [4.78, 5) is 24.7. The number of nitro groups is 2. The Balaban J connectivity index is 1.68. The summed E-state index contributed by atoms with van der Waals surface area (Å²) < 4.78 is 7.58. The normalized spacial score (nSPS) is 10.8. The molecule has 0 aliphatic carbocycles. The van der Waals surface area contributed by atoms with Crippen molar-refractivity contribution in [3.63, 3.8) is 0 Å². The lowest BCUT2D eigenvalue weighted by Crippen LogP contribution is -2.01. The maximum Gasteiger partial charge on any atom is 0.313 e. The molecule has 0 aliphatic rings. The monoisotopic (exact) mass is 645 g/mol. The lowest BCUT2D eigenvalue weighted by molar-refractivity contribution is -0.384. The summed E-state index contributed by atoms with van der Waals surface area (Å²) in [5.41, 5.74) is 4.02. The van der Waals surface area contributed by atoms with Gasteiger partial charge in [-0.25, -0.2) is 4.98 Å². The molecule has 10 nitrogen and oxygen atoms in total. The molecule has 1 N–H and O–H groups in total. The smallest absolute Gasteiger partial charge is 0.313 e. The van der Waals surface area contributed by atoms with Crippen molar-refractivity contribution in [2.45, 2.75) is 6.61 Å². The van der Waals surface area contributed by atoms with Gasteiger partial charge in [-0.15, -0.1) is 0 Å². The molecule has 0 saturated carbocycles. The average Bonchev–Trinajstić information content (AvgIpc) is 2.73. The Morgan fingerprint density at radius 2 is 1.74 bits per heavy atom. The van der Waals surface area contributed by atoms with Crippen molar-refractivity contribution in [2.75, 3.05) is 5.43 Å². The highest BCUT2D eigenvalue weighted by molar-refractivity contribution is 14.1. The number of aromatic nitrogens is 1. The minimum atomic E-state index is -0.534. The van der Waals surface area contributed by atoms with E-state index >= 15 is 0 Å². The first-order valence-corrected chi connectivity index (χ1v) is 10.7. The minimum Gasteiger partial charge on any atom is -0.487 e. The number of halogens is 2. The molecule has 0 bridgehead atoms. The number of hydrazone groups is 1. The number of ether oxygens (including phenoxy) is 1. The SMILES string of the molecule is O=[N+]([O-])c1ccc(COc2c(I)cc(/C=N\Nc3ncccc3[N+](=O)[O-])cc2I)cc1. The molecule has 1 aromatic heterocycles. The molecule has 3 aromatic rings. The molecular formula is C19H13I2N5O5. The highest BCUT2D eigenvalue weighted by Gasteiger charge is 2.13. The second kappa shape index (κ2) is 10.4. The summed E-state index contributed by atoms with van der Waals surface area (Å²) in [6, 6.07) is 12.7. The maximum absolute atomic E-state index is 11.0. The summed E-state index contributed by atoms with van der Waals surface area (Å²) in [6.07, 6.45) is 2.97. The summed E-state index contributed by atoms with van der Waals surface area (Å²) in [5.74, 6) is 0.737. The molecule has 0 fully saturated rings. The zero-order chi connectivity index (χ0) is 22.4. The predicted molar refractivity (Wildman–Crippen MR) is 131 cm³/mol. The van der Waals surface area contributed by atoms with Gasteiger partial charge < -0.3 is 4.74 Å². The van der Waals surface area contributed by atoms with Gasteiger partial charge in [0.05, 0.1) is 23.2 Å². The van der Waals surface area contributed by atoms with Crippen LogP contribution >= 0.6 is 45.2 Å². The molecule has 0 unspecified atom stereocenters. The third-order valence-electron chi connectivity index (χ3n) is 3.92. The van der Waals surface area contributed by atoms with Gasteiger partial charge in [-0.3, -0.25) is 25.7 Å². The zero-order valence-corrected chi connectivity index (χ0v) is 19.9. The fourth-order valence-electron chi connectivity index (χ4n) is 2.46. The quantitative estimate of drug-likeness (QED) is 0.156. The van der Waals surface area contributed by atoms with E-state index in [4.69, 9.17) is 4.74 Å². The second-order valence-electron chi connectivity index (χ2n) is 6.02. The van der Waals surface area contributed by atoms with E-state index in [2.05, 4.69) is 60.7 Å². The Kier molecular flexibility index (Phi) is 7.67. The fraction of sp³-hybridized carbons (Fsp3) is 0.0526. The number of nitrogens with zero attached hydrogens (tertiary/aromatic N) is 4. The van der Waals surface area contributed by atoms with Crippen molar-refractivity contribution >= 4 is 68.6 Å². The van der Waals surface area contributed by atoms with Crippen LogP contribution in [-0.2, 0) is 6.61 Å². The van der Waals surface area contributed by atoms with E-state index in [0.717, 1.165) is 18.3 Å². The van der Waals surface area contributed by atoms with Gasteiger partial charge in [0.25, 0.3) is 5.69 Å². The van der Waals surface area contributed by atoms with Crippen molar-refractivity contribution in [1.82, 2.24) is 4.98 Å². The van der Waals surface area contributed by atoms with Gasteiger partial charge in [0, 0.05) is 24.4 Å². The summed E-state index contributed by atoms with van der Waals surface area (Å²) in [5, 5.41) is 25.8. The summed E-state index contributed by atoms with van der Waals surface area (Å²) in [6.45, 7) is 0.266. The van der Waals surface area contributed by atoms with Gasteiger partial charge >= 0.3 is 5.69 Å². The molecule has 1 heterocycles. The van der Waals surface area contributed by atoms with E-state index in [-0.39, 0.29) is 23.8 Å². The van der Waals surface area contributed by atoms with Crippen LogP contribution in [0.4, 0.5) is 17.2 Å². The highest BCUT2D eigenvalue weighted by atomic mass is 127. The number of nitro benzene ring substituents is 1. The number of pyridine rings is 1. The van der Waals surface area contributed by atoms with Gasteiger partial charge in [0.2, 0.25) is 5.82 Å². The Bertz CT molecular complexity index is 1130. The van der Waals surface area contributed by atoms with Gasteiger partial charge in [-0.05, 0) is 86.6 Å². The zero-order valence-electron chi connectivity index (χ0n) is 15.6. The number of hydrogen-bond acceptors (Lipinski definition) is 8. The van der Waals surface area contributed by atoms with Crippen molar-refractivity contribution in [3.05, 3.63) is 93.2 Å². The van der Waals surface area contributed by atoms with E-state index in [1.165, 1.54) is 36.7 Å². The third-order valence-corrected chi connectivity index (χ3v) is 5.52. The van der Waals surface area contributed by atoms with Crippen molar-refractivity contribution in [3.8, 4) is 5.75 Å². The molecule has 31 heavy (non-hydrogen) atoms. The molecule has 2 aromatic carbocycles. The van der Waals surface area contributed by atoms with Crippen LogP contribution < -0.4 is 10.2 Å². The van der Waals surface area contributed by atoms with E-state index in [0.29, 0.717) is 5.75 Å². The van der Waals surface area contributed by atoms with Gasteiger partial charge in [-0.2, -0.15) is 5.10 Å². The summed E-state index contributed by atoms with van der Waals surface area (Å²) >= 11 is 4.29. The van der Waals surface area contributed by atoms with Crippen molar-refractivity contribution in [2.24, 2.45) is 5.10 Å². The van der Waals surface area contributed by atoms with Crippen LogP contribution in [0.2, 0.25) is 0 Å². The lowest BCUT2D eigenvalue weighted by Gasteiger charge is -2.11. The molecule has 0 atom stereocenters. The van der Waals surface area contributed by atoms with Gasteiger partial charge in [0.1, 0.15) is 12.4 Å². The Hall–Kier alpha value is -2.88. The topological polar surface area (TPSA) is 133 Å². The number of nitrogens with one attached hydrogen (secondary N) is 1. The van der Waals surface area contributed by atoms with E-state index in [1.54, 1.807) is 12.1 Å². The number of anilines is 1. The molecule has 0 radical (unpaired) electrons. The largest absolute Gasteiger partial charge is 0.487 e. The Morgan fingerprint density at radius 1 is 1.06 bits per heavy atom. The van der Waals surface area contributed by atoms with Crippen LogP contribution in [0.1, 0.15) is 11.1 Å². The molecule has 0 spiro atoms. The molecule has 158 valence electrons. The van der Waals surface area contributed by atoms with E-state index < -0.39 is 9.85 Å². The second-order valence-corrected chi connectivity index (χ2v) is 8.35. The van der Waals surface area contributed by atoms with Crippen molar-refractivity contribution < 1.29 is 14.6 Å². The molecule has 12 heteroatoms. The number of non-ortho nitro benzene ring substituents is 1. The third kappa shape index (κ3) is 6.06. The standard InChI is InChI=1S/C19H13I2N5O5/c20-15-8-13(10-23-24-19-17(26(29)30)2-1-7-22-19)9-16(21)18(15)31-11-12-3-5-14(6-4-12)25(27)28/h1-10H,11H2,(H,22,24)/b23-10-. The summed E-state index contributed by atoms with van der Waals surface area (Å²) in [7, 11) is 0. The van der Waals surface area contributed by atoms with Crippen LogP contribution in [0.25, 0.3) is 0 Å². The number of benzene rings is 2. The molecule has 0 aliphatic heterocycles. The van der Waals surface area contributed by atoms with E-state index in [9.17, 15) is 20.2 Å². The fourth-order valence-corrected chi connectivity index (χ4v) is 4.59. The van der Waals surface area contributed by atoms with Crippen LogP contribution in [0.5, 0.6) is 5.75 Å².